The van der Waals surface area contributed by atoms with E-state index in [1.54, 1.807) is 23.6 Å². The number of ether oxygens (including phenoxy) is 1. The maximum atomic E-state index is 10.1. The molecule has 0 radical (unpaired) electrons. The predicted octanol–water partition coefficient (Wildman–Crippen LogP) is 0.102. The van der Waals surface area contributed by atoms with E-state index in [2.05, 4.69) is 10.1 Å². The van der Waals surface area contributed by atoms with Crippen LogP contribution >= 0.6 is 11.6 Å². The van der Waals surface area contributed by atoms with E-state index in [0.717, 1.165) is 0 Å². The number of rotatable bonds is 2. The van der Waals surface area contributed by atoms with Gasteiger partial charge in [0.25, 0.3) is 0 Å². The van der Waals surface area contributed by atoms with Gasteiger partial charge in [-0.05, 0) is 19.1 Å². The molecule has 0 amide bonds. The SMILES string of the molecule is C[C@@]1(Cl)[C@H](O)[C@@H](CO)O[C@H]1c1ccc2c(N)ncnn12. The Kier molecular flexibility index (Phi) is 3.09. The molecule has 3 heterocycles. The number of halogens is 1. The second kappa shape index (κ2) is 4.56. The lowest BCUT2D eigenvalue weighted by atomic mass is 9.95. The Hall–Kier alpha value is -1.41. The Morgan fingerprint density at radius 1 is 1.55 bits per heavy atom. The molecule has 7 nitrogen and oxygen atoms in total. The zero-order valence-corrected chi connectivity index (χ0v) is 11.5. The van der Waals surface area contributed by atoms with Crippen LogP contribution in [-0.4, -0.2) is 48.5 Å². The zero-order chi connectivity index (χ0) is 14.5. The molecule has 0 bridgehead atoms. The monoisotopic (exact) mass is 298 g/mol. The minimum absolute atomic E-state index is 0.305. The molecule has 3 rings (SSSR count). The summed E-state index contributed by atoms with van der Waals surface area (Å²) < 4.78 is 7.26. The van der Waals surface area contributed by atoms with Gasteiger partial charge in [-0.15, -0.1) is 11.6 Å². The van der Waals surface area contributed by atoms with Crippen LogP contribution in [0, 0.1) is 0 Å². The molecule has 0 aromatic carbocycles. The van der Waals surface area contributed by atoms with Gasteiger partial charge in [0.1, 0.15) is 35.0 Å². The number of hydrogen-bond donors (Lipinski definition) is 3. The topological polar surface area (TPSA) is 106 Å². The van der Waals surface area contributed by atoms with Gasteiger partial charge in [-0.25, -0.2) is 9.50 Å². The summed E-state index contributed by atoms with van der Waals surface area (Å²) in [5, 5.41) is 23.5. The highest BCUT2D eigenvalue weighted by Gasteiger charge is 2.53. The average molecular weight is 299 g/mol. The minimum Gasteiger partial charge on any atom is -0.394 e. The van der Waals surface area contributed by atoms with Gasteiger partial charge in [0.15, 0.2) is 5.82 Å². The third-order valence-electron chi connectivity index (χ3n) is 3.71. The number of aliphatic hydroxyl groups excluding tert-OH is 2. The van der Waals surface area contributed by atoms with E-state index in [-0.39, 0.29) is 6.61 Å². The van der Waals surface area contributed by atoms with Crippen molar-refractivity contribution in [3.63, 3.8) is 0 Å². The Balaban J connectivity index is 2.10. The van der Waals surface area contributed by atoms with Gasteiger partial charge in [-0.1, -0.05) is 0 Å². The number of anilines is 1. The van der Waals surface area contributed by atoms with Crippen molar-refractivity contribution in [3.8, 4) is 0 Å². The Morgan fingerprint density at radius 2 is 2.30 bits per heavy atom. The van der Waals surface area contributed by atoms with E-state index in [9.17, 15) is 10.2 Å². The Bertz CT molecular complexity index is 645. The van der Waals surface area contributed by atoms with Crippen LogP contribution in [0.25, 0.3) is 5.52 Å². The fourth-order valence-electron chi connectivity index (χ4n) is 2.57. The van der Waals surface area contributed by atoms with Gasteiger partial charge in [0, 0.05) is 0 Å². The molecule has 0 aliphatic carbocycles. The second-order valence-electron chi connectivity index (χ2n) is 5.03. The molecule has 2 aromatic rings. The molecular formula is C12H15ClN4O3. The highest BCUT2D eigenvalue weighted by Crippen LogP contribution is 2.46. The number of fused-ring (bicyclic) bond motifs is 1. The normalized spacial score (nSPS) is 33.9. The van der Waals surface area contributed by atoms with Crippen LogP contribution in [0.2, 0.25) is 0 Å². The van der Waals surface area contributed by atoms with E-state index in [0.29, 0.717) is 17.0 Å². The first kappa shape index (κ1) is 13.6. The fourth-order valence-corrected chi connectivity index (χ4v) is 2.88. The first-order valence-electron chi connectivity index (χ1n) is 6.18. The number of hydrogen-bond acceptors (Lipinski definition) is 6. The Labute approximate surface area is 119 Å². The van der Waals surface area contributed by atoms with Crippen molar-refractivity contribution in [1.29, 1.82) is 0 Å². The van der Waals surface area contributed by atoms with Crippen LogP contribution in [0.5, 0.6) is 0 Å². The molecule has 20 heavy (non-hydrogen) atoms. The van der Waals surface area contributed by atoms with Crippen molar-refractivity contribution in [1.82, 2.24) is 14.6 Å². The fraction of sp³-hybridized carbons (Fsp3) is 0.500. The maximum Gasteiger partial charge on any atom is 0.151 e. The third-order valence-corrected chi connectivity index (χ3v) is 4.14. The van der Waals surface area contributed by atoms with Crippen LogP contribution in [0.1, 0.15) is 18.7 Å². The maximum absolute atomic E-state index is 10.1. The summed E-state index contributed by atoms with van der Waals surface area (Å²) in [6.07, 6.45) is -0.990. The van der Waals surface area contributed by atoms with Crippen molar-refractivity contribution in [2.24, 2.45) is 0 Å². The largest absolute Gasteiger partial charge is 0.394 e. The molecule has 4 N–H and O–H groups in total. The van der Waals surface area contributed by atoms with Crippen molar-refractivity contribution < 1.29 is 14.9 Å². The van der Waals surface area contributed by atoms with E-state index in [1.165, 1.54) is 6.33 Å². The van der Waals surface area contributed by atoms with E-state index in [4.69, 9.17) is 22.1 Å². The molecule has 2 aromatic heterocycles. The molecule has 1 aliphatic rings. The third kappa shape index (κ3) is 1.78. The molecular weight excluding hydrogens is 284 g/mol. The lowest BCUT2D eigenvalue weighted by Gasteiger charge is -2.25. The highest BCUT2D eigenvalue weighted by molar-refractivity contribution is 6.24. The summed E-state index contributed by atoms with van der Waals surface area (Å²) in [5.41, 5.74) is 7.08. The van der Waals surface area contributed by atoms with Crippen molar-refractivity contribution in [2.75, 3.05) is 12.3 Å². The van der Waals surface area contributed by atoms with E-state index < -0.39 is 23.2 Å². The van der Waals surface area contributed by atoms with Crippen LogP contribution < -0.4 is 5.73 Å². The summed E-state index contributed by atoms with van der Waals surface area (Å²) >= 11 is 6.42. The lowest BCUT2D eigenvalue weighted by Crippen LogP contribution is -2.38. The number of aromatic nitrogens is 3. The van der Waals surface area contributed by atoms with Gasteiger partial charge in [0.05, 0.1) is 12.3 Å². The number of nitrogens with two attached hydrogens (primary N) is 1. The number of alkyl halides is 1. The van der Waals surface area contributed by atoms with Crippen LogP contribution in [0.3, 0.4) is 0 Å². The highest BCUT2D eigenvalue weighted by atomic mass is 35.5. The predicted molar refractivity (Wildman–Crippen MR) is 72.4 cm³/mol. The van der Waals surface area contributed by atoms with Crippen molar-refractivity contribution in [2.45, 2.75) is 30.1 Å². The van der Waals surface area contributed by atoms with Gasteiger partial charge >= 0.3 is 0 Å². The molecule has 1 aliphatic heterocycles. The van der Waals surface area contributed by atoms with Crippen LogP contribution in [0.4, 0.5) is 5.82 Å². The first-order valence-corrected chi connectivity index (χ1v) is 6.56. The molecule has 108 valence electrons. The molecule has 0 spiro atoms. The summed E-state index contributed by atoms with van der Waals surface area (Å²) in [5.74, 6) is 0.347. The summed E-state index contributed by atoms with van der Waals surface area (Å²) in [6.45, 7) is 1.36. The van der Waals surface area contributed by atoms with Crippen LogP contribution in [-0.2, 0) is 4.74 Å². The molecule has 8 heteroatoms. The van der Waals surface area contributed by atoms with Crippen molar-refractivity contribution in [3.05, 3.63) is 24.2 Å². The standard InChI is InChI=1S/C12H15ClN4O3/c1-12(13)9(19)8(4-18)20-10(12)6-2-3-7-11(14)15-5-16-17(6)7/h2-3,5,8-10,18-19H,4H2,1H3,(H2,14,15,16)/t8-,9-,10+,12-/m1/s1. The van der Waals surface area contributed by atoms with E-state index >= 15 is 0 Å². The Morgan fingerprint density at radius 3 is 2.95 bits per heavy atom. The number of nitrogens with zero attached hydrogens (tertiary/aromatic N) is 3. The van der Waals surface area contributed by atoms with Gasteiger partial charge < -0.3 is 20.7 Å². The van der Waals surface area contributed by atoms with E-state index in [1.807, 2.05) is 0 Å². The number of aliphatic hydroxyl groups is 2. The quantitative estimate of drug-likeness (QED) is 0.679. The molecule has 0 saturated carbocycles. The molecule has 1 saturated heterocycles. The van der Waals surface area contributed by atoms with Gasteiger partial charge in [-0.3, -0.25) is 0 Å². The molecule has 1 fully saturated rings. The zero-order valence-electron chi connectivity index (χ0n) is 10.8. The van der Waals surface area contributed by atoms with Crippen molar-refractivity contribution >= 4 is 22.9 Å². The lowest BCUT2D eigenvalue weighted by molar-refractivity contribution is -0.0240. The smallest absolute Gasteiger partial charge is 0.151 e. The molecule has 4 atom stereocenters. The van der Waals surface area contributed by atoms with Crippen LogP contribution in [0.15, 0.2) is 18.5 Å². The van der Waals surface area contributed by atoms with Gasteiger partial charge in [0.2, 0.25) is 0 Å². The summed E-state index contributed by atoms with van der Waals surface area (Å²) in [7, 11) is 0. The number of nitrogen functional groups attached to an aromatic ring is 1. The average Bonchev–Trinajstić information content (AvgIpc) is 2.92. The minimum atomic E-state index is -1.07. The second-order valence-corrected chi connectivity index (χ2v) is 5.85. The molecule has 0 unspecified atom stereocenters. The first-order chi connectivity index (χ1) is 9.46. The summed E-state index contributed by atoms with van der Waals surface area (Å²) in [6, 6.07) is 3.54. The van der Waals surface area contributed by atoms with Gasteiger partial charge in [-0.2, -0.15) is 5.10 Å². The summed E-state index contributed by atoms with van der Waals surface area (Å²) in [4.78, 5) is 2.84.